The zero-order chi connectivity index (χ0) is 13.0. The molecule has 0 radical (unpaired) electrons. The number of carbonyl (C=O) groups is 2. The van der Waals surface area contributed by atoms with Gasteiger partial charge in [-0.25, -0.2) is 0 Å². The maximum Gasteiger partial charge on any atom is 0.245 e. The molecule has 4 nitrogen and oxygen atoms in total. The molecule has 0 aliphatic carbocycles. The fourth-order valence-electron chi connectivity index (χ4n) is 1.29. The Morgan fingerprint density at radius 3 is 2.59 bits per heavy atom. The van der Waals surface area contributed by atoms with Gasteiger partial charge in [0, 0.05) is 16.2 Å². The number of rotatable bonds is 3. The Bertz CT molecular complexity index is 506. The lowest BCUT2D eigenvalue weighted by atomic mass is 9.97. The Labute approximate surface area is 113 Å². The Morgan fingerprint density at radius 2 is 2.12 bits per heavy atom. The highest BCUT2D eigenvalue weighted by molar-refractivity contribution is 14.1. The molecule has 0 aromatic heterocycles. The fraction of sp³-hybridized carbons (Fsp3) is 0.250. The minimum Gasteiger partial charge on any atom is -0.358 e. The fourth-order valence-corrected chi connectivity index (χ4v) is 1.81. The molecule has 1 rings (SSSR count). The van der Waals surface area contributed by atoms with Crippen LogP contribution in [0.15, 0.2) is 18.2 Å². The van der Waals surface area contributed by atoms with Crippen LogP contribution in [0, 0.1) is 27.7 Å². The number of nitrogens with one attached hydrogen (secondary N) is 1. The van der Waals surface area contributed by atoms with E-state index in [4.69, 9.17) is 5.26 Å². The van der Waals surface area contributed by atoms with Gasteiger partial charge in [-0.15, -0.1) is 0 Å². The van der Waals surface area contributed by atoms with Gasteiger partial charge >= 0.3 is 0 Å². The van der Waals surface area contributed by atoms with Crippen molar-refractivity contribution in [1.29, 1.82) is 5.26 Å². The summed E-state index contributed by atoms with van der Waals surface area (Å²) in [6.07, 6.45) is 0. The van der Waals surface area contributed by atoms with Crippen LogP contribution in [0.25, 0.3) is 0 Å². The largest absolute Gasteiger partial charge is 0.358 e. The highest BCUT2D eigenvalue weighted by Gasteiger charge is 2.26. The minimum atomic E-state index is -1.28. The summed E-state index contributed by atoms with van der Waals surface area (Å²) >= 11 is 2.11. The molecule has 1 amide bonds. The average Bonchev–Trinajstić information content (AvgIpc) is 2.33. The Balaban J connectivity index is 3.07. The summed E-state index contributed by atoms with van der Waals surface area (Å²) in [4.78, 5) is 23.3. The number of hydrogen-bond acceptors (Lipinski definition) is 3. The summed E-state index contributed by atoms with van der Waals surface area (Å²) in [6, 6.07) is 6.84. The number of Topliss-reactive ketones (excluding diaryl/α,β-unsaturated/α-hetero) is 1. The lowest BCUT2D eigenvalue weighted by molar-refractivity contribution is -0.121. The van der Waals surface area contributed by atoms with Crippen LogP contribution in [0.4, 0.5) is 0 Å². The van der Waals surface area contributed by atoms with Gasteiger partial charge in [-0.1, -0.05) is 12.1 Å². The number of benzene rings is 1. The molecule has 17 heavy (non-hydrogen) atoms. The van der Waals surface area contributed by atoms with Gasteiger partial charge in [-0.3, -0.25) is 9.59 Å². The van der Waals surface area contributed by atoms with Crippen LogP contribution in [0.3, 0.4) is 0 Å². The molecule has 88 valence electrons. The van der Waals surface area contributed by atoms with Crippen molar-refractivity contribution in [1.82, 2.24) is 5.32 Å². The van der Waals surface area contributed by atoms with E-state index in [2.05, 4.69) is 27.9 Å². The number of nitriles is 1. The van der Waals surface area contributed by atoms with E-state index >= 15 is 0 Å². The van der Waals surface area contributed by atoms with Crippen molar-refractivity contribution in [3.05, 3.63) is 32.9 Å². The molecule has 1 aromatic rings. The summed E-state index contributed by atoms with van der Waals surface area (Å²) < 4.78 is 0.932. The molecule has 1 atom stereocenters. The lowest BCUT2D eigenvalue weighted by Gasteiger charge is -2.07. The molecule has 1 N–H and O–H groups in total. The minimum absolute atomic E-state index is 0.384. The second-order valence-electron chi connectivity index (χ2n) is 3.50. The van der Waals surface area contributed by atoms with Crippen molar-refractivity contribution < 1.29 is 9.59 Å². The molecule has 0 aliphatic heterocycles. The van der Waals surface area contributed by atoms with Gasteiger partial charge in [0.15, 0.2) is 11.7 Å². The Hall–Kier alpha value is -1.42. The van der Waals surface area contributed by atoms with Gasteiger partial charge in [0.05, 0.1) is 6.07 Å². The van der Waals surface area contributed by atoms with Crippen LogP contribution < -0.4 is 5.32 Å². The van der Waals surface area contributed by atoms with Gasteiger partial charge in [-0.05, 0) is 41.1 Å². The maximum absolute atomic E-state index is 12.0. The number of amides is 1. The van der Waals surface area contributed by atoms with Crippen molar-refractivity contribution in [3.63, 3.8) is 0 Å². The van der Waals surface area contributed by atoms with Gasteiger partial charge in [0.1, 0.15) is 0 Å². The number of nitrogens with zero attached hydrogens (tertiary/aromatic N) is 1. The molecule has 0 fully saturated rings. The Kier molecular flexibility index (Phi) is 4.63. The van der Waals surface area contributed by atoms with E-state index in [0.29, 0.717) is 5.56 Å². The molecule has 0 heterocycles. The van der Waals surface area contributed by atoms with Crippen molar-refractivity contribution in [2.75, 3.05) is 7.05 Å². The van der Waals surface area contributed by atoms with Crippen LogP contribution in [-0.2, 0) is 4.79 Å². The number of carbonyl (C=O) groups excluding carboxylic acids is 2. The van der Waals surface area contributed by atoms with Crippen LogP contribution in [0.5, 0.6) is 0 Å². The number of aryl methyl sites for hydroxylation is 1. The first-order chi connectivity index (χ1) is 8.01. The average molecular weight is 342 g/mol. The molecule has 5 heteroatoms. The molecular weight excluding hydrogens is 331 g/mol. The van der Waals surface area contributed by atoms with Crippen molar-refractivity contribution in [2.45, 2.75) is 6.92 Å². The first kappa shape index (κ1) is 13.6. The summed E-state index contributed by atoms with van der Waals surface area (Å²) in [6.45, 7) is 1.93. The first-order valence-electron chi connectivity index (χ1n) is 4.92. The van der Waals surface area contributed by atoms with Crippen LogP contribution in [0.2, 0.25) is 0 Å². The van der Waals surface area contributed by atoms with Crippen molar-refractivity contribution >= 4 is 34.3 Å². The normalized spacial score (nSPS) is 11.4. The molecular formula is C12H11IN2O2. The Morgan fingerprint density at radius 1 is 1.47 bits per heavy atom. The van der Waals surface area contributed by atoms with E-state index in [9.17, 15) is 9.59 Å². The molecule has 0 saturated heterocycles. The maximum atomic E-state index is 12.0. The van der Waals surface area contributed by atoms with E-state index in [1.165, 1.54) is 7.05 Å². The zero-order valence-corrected chi connectivity index (χ0v) is 11.6. The first-order valence-corrected chi connectivity index (χ1v) is 6.00. The third-order valence-corrected chi connectivity index (χ3v) is 3.52. The smallest absolute Gasteiger partial charge is 0.245 e. The van der Waals surface area contributed by atoms with Crippen molar-refractivity contribution in [2.24, 2.45) is 5.92 Å². The van der Waals surface area contributed by atoms with Crippen LogP contribution >= 0.6 is 22.6 Å². The standard InChI is InChI=1S/C12H11IN2O2/c1-7-3-4-8(5-10(7)13)11(16)9(6-14)12(17)15-2/h3-5,9H,1-2H3,(H,15,17)/t9-/m1/s1. The molecule has 0 unspecified atom stereocenters. The third kappa shape index (κ3) is 3.03. The SMILES string of the molecule is CNC(=O)[C@H](C#N)C(=O)c1ccc(C)c(I)c1. The lowest BCUT2D eigenvalue weighted by Crippen LogP contribution is -2.32. The molecule has 0 saturated carbocycles. The van der Waals surface area contributed by atoms with E-state index < -0.39 is 17.6 Å². The molecule has 0 aliphatic rings. The second-order valence-corrected chi connectivity index (χ2v) is 4.67. The van der Waals surface area contributed by atoms with E-state index in [0.717, 1.165) is 9.13 Å². The van der Waals surface area contributed by atoms with E-state index in [-0.39, 0.29) is 0 Å². The quantitative estimate of drug-likeness (QED) is 0.516. The number of hydrogen-bond donors (Lipinski definition) is 1. The van der Waals surface area contributed by atoms with E-state index in [1.54, 1.807) is 24.3 Å². The predicted octanol–water partition coefficient (Wildman–Crippen LogP) is 1.67. The summed E-state index contributed by atoms with van der Waals surface area (Å²) in [5, 5.41) is 11.2. The number of halogens is 1. The predicted molar refractivity (Wildman–Crippen MR) is 71.4 cm³/mol. The summed E-state index contributed by atoms with van der Waals surface area (Å²) in [7, 11) is 1.40. The molecule has 1 aromatic carbocycles. The van der Waals surface area contributed by atoms with Gasteiger partial charge in [0.25, 0.3) is 0 Å². The second kappa shape index (κ2) is 5.77. The topological polar surface area (TPSA) is 70.0 Å². The molecule has 0 bridgehead atoms. The zero-order valence-electron chi connectivity index (χ0n) is 9.45. The highest BCUT2D eigenvalue weighted by Crippen LogP contribution is 2.16. The van der Waals surface area contributed by atoms with Crippen LogP contribution in [-0.4, -0.2) is 18.7 Å². The number of ketones is 1. The van der Waals surface area contributed by atoms with Gasteiger partial charge in [-0.2, -0.15) is 5.26 Å². The monoisotopic (exact) mass is 342 g/mol. The molecule has 0 spiro atoms. The third-order valence-electron chi connectivity index (χ3n) is 2.36. The van der Waals surface area contributed by atoms with Gasteiger partial charge < -0.3 is 5.32 Å². The van der Waals surface area contributed by atoms with Crippen LogP contribution in [0.1, 0.15) is 15.9 Å². The van der Waals surface area contributed by atoms with Gasteiger partial charge in [0.2, 0.25) is 5.91 Å². The summed E-state index contributed by atoms with van der Waals surface area (Å²) in [5.74, 6) is -2.32. The highest BCUT2D eigenvalue weighted by atomic mass is 127. The van der Waals surface area contributed by atoms with Crippen molar-refractivity contribution in [3.8, 4) is 6.07 Å². The van der Waals surface area contributed by atoms with E-state index in [1.807, 2.05) is 6.92 Å². The summed E-state index contributed by atoms with van der Waals surface area (Å²) in [5.41, 5.74) is 1.44.